The summed E-state index contributed by atoms with van der Waals surface area (Å²) in [4.78, 5) is 16.1. The molecule has 0 radical (unpaired) electrons. The first-order chi connectivity index (χ1) is 16.4. The number of oxazole rings is 1. The third-order valence-electron chi connectivity index (χ3n) is 7.06. The number of benzene rings is 1. The van der Waals surface area contributed by atoms with E-state index in [0.29, 0.717) is 40.7 Å². The molecule has 6 rings (SSSR count). The van der Waals surface area contributed by atoms with E-state index in [9.17, 15) is 13.2 Å². The van der Waals surface area contributed by atoms with Gasteiger partial charge in [0.25, 0.3) is 0 Å². The van der Waals surface area contributed by atoms with E-state index in [1.54, 1.807) is 28.9 Å². The van der Waals surface area contributed by atoms with E-state index < -0.39 is 11.7 Å². The Morgan fingerprint density at radius 1 is 1.09 bits per heavy atom. The zero-order valence-electron chi connectivity index (χ0n) is 18.5. The van der Waals surface area contributed by atoms with Crippen molar-refractivity contribution in [2.24, 2.45) is 0 Å². The van der Waals surface area contributed by atoms with Crippen molar-refractivity contribution in [3.05, 3.63) is 54.6 Å². The van der Waals surface area contributed by atoms with Crippen LogP contribution in [0.5, 0.6) is 0 Å². The molecule has 1 unspecified atom stereocenters. The fourth-order valence-electron chi connectivity index (χ4n) is 5.35. The van der Waals surface area contributed by atoms with Crippen LogP contribution >= 0.6 is 0 Å². The van der Waals surface area contributed by atoms with Gasteiger partial charge in [0, 0.05) is 36.1 Å². The second kappa shape index (κ2) is 7.83. The summed E-state index contributed by atoms with van der Waals surface area (Å²) in [5.41, 5.74) is 1.07. The SMILES string of the molecule is CN1[C@@H]2CC[C@H]1CC(Nc1nccc(-c3c(-c4cccc(C(F)(F)F)c4)nc4occn34)n1)C2. The Bertz CT molecular complexity index is 1330. The van der Waals surface area contributed by atoms with E-state index in [4.69, 9.17) is 9.40 Å². The van der Waals surface area contributed by atoms with Crippen molar-refractivity contribution < 1.29 is 17.6 Å². The van der Waals surface area contributed by atoms with Crippen LogP contribution in [-0.4, -0.2) is 49.4 Å². The van der Waals surface area contributed by atoms with Gasteiger partial charge in [0.05, 0.1) is 11.3 Å². The largest absolute Gasteiger partial charge is 0.432 e. The minimum Gasteiger partial charge on any atom is -0.432 e. The van der Waals surface area contributed by atoms with Crippen molar-refractivity contribution in [3.63, 3.8) is 0 Å². The molecule has 2 bridgehead atoms. The number of fused-ring (bicyclic) bond motifs is 3. The van der Waals surface area contributed by atoms with E-state index in [2.05, 4.69) is 27.2 Å². The average molecular weight is 468 g/mol. The molecular weight excluding hydrogens is 445 g/mol. The Balaban J connectivity index is 1.37. The number of aromatic nitrogens is 4. The smallest absolute Gasteiger partial charge is 0.416 e. The molecule has 4 aromatic rings. The summed E-state index contributed by atoms with van der Waals surface area (Å²) in [5.74, 6) is 0.780. The number of hydrogen-bond acceptors (Lipinski definition) is 6. The lowest BCUT2D eigenvalue weighted by Gasteiger charge is -2.36. The monoisotopic (exact) mass is 468 g/mol. The molecule has 2 aliphatic heterocycles. The number of nitrogens with one attached hydrogen (secondary N) is 1. The number of nitrogens with zero attached hydrogens (tertiary/aromatic N) is 5. The fraction of sp³-hybridized carbons (Fsp3) is 0.375. The zero-order chi connectivity index (χ0) is 23.4. The van der Waals surface area contributed by atoms with Gasteiger partial charge in [-0.05, 0) is 50.9 Å². The number of imidazole rings is 1. The highest BCUT2D eigenvalue weighted by Crippen LogP contribution is 2.37. The fourth-order valence-corrected chi connectivity index (χ4v) is 5.35. The van der Waals surface area contributed by atoms with E-state index in [1.807, 2.05) is 0 Å². The molecule has 2 aliphatic rings. The minimum absolute atomic E-state index is 0.280. The molecule has 34 heavy (non-hydrogen) atoms. The van der Waals surface area contributed by atoms with E-state index in [1.165, 1.54) is 25.2 Å². The lowest BCUT2D eigenvalue weighted by molar-refractivity contribution is -0.137. The van der Waals surface area contributed by atoms with Crippen LogP contribution in [0, 0.1) is 0 Å². The van der Waals surface area contributed by atoms with Crippen molar-refractivity contribution in [3.8, 4) is 22.6 Å². The molecule has 5 heterocycles. The van der Waals surface area contributed by atoms with Gasteiger partial charge >= 0.3 is 12.0 Å². The molecule has 1 aromatic carbocycles. The highest BCUT2D eigenvalue weighted by atomic mass is 19.4. The van der Waals surface area contributed by atoms with Crippen LogP contribution in [0.2, 0.25) is 0 Å². The molecule has 7 nitrogen and oxygen atoms in total. The summed E-state index contributed by atoms with van der Waals surface area (Å²) in [7, 11) is 2.20. The topological polar surface area (TPSA) is 71.5 Å². The van der Waals surface area contributed by atoms with E-state index in [0.717, 1.165) is 25.0 Å². The molecule has 3 aromatic heterocycles. The van der Waals surface area contributed by atoms with Crippen LogP contribution in [0.4, 0.5) is 19.1 Å². The number of anilines is 1. The van der Waals surface area contributed by atoms with Gasteiger partial charge in [0.2, 0.25) is 5.95 Å². The molecule has 2 fully saturated rings. The van der Waals surface area contributed by atoms with Gasteiger partial charge in [-0.1, -0.05) is 12.1 Å². The van der Waals surface area contributed by atoms with Crippen molar-refractivity contribution in [1.29, 1.82) is 0 Å². The quantitative estimate of drug-likeness (QED) is 0.449. The molecular formula is C24H23F3N6O. The van der Waals surface area contributed by atoms with Crippen molar-refractivity contribution in [1.82, 2.24) is 24.3 Å². The molecule has 176 valence electrons. The summed E-state index contributed by atoms with van der Waals surface area (Å²) < 4.78 is 47.1. The normalized spacial score (nSPS) is 23.0. The number of alkyl halides is 3. The van der Waals surface area contributed by atoms with Crippen LogP contribution in [0.25, 0.3) is 28.5 Å². The predicted octanol–water partition coefficient (Wildman–Crippen LogP) is 5.11. The van der Waals surface area contributed by atoms with Crippen molar-refractivity contribution in [2.45, 2.75) is 50.0 Å². The maximum Gasteiger partial charge on any atom is 0.416 e. The second-order valence-corrected chi connectivity index (χ2v) is 9.07. The third kappa shape index (κ3) is 3.62. The summed E-state index contributed by atoms with van der Waals surface area (Å²) in [6.45, 7) is 0. The Hall–Kier alpha value is -3.40. The van der Waals surface area contributed by atoms with Crippen LogP contribution in [0.3, 0.4) is 0 Å². The number of piperidine rings is 1. The summed E-state index contributed by atoms with van der Waals surface area (Å²) >= 11 is 0. The second-order valence-electron chi connectivity index (χ2n) is 9.07. The lowest BCUT2D eigenvalue weighted by atomic mass is 9.98. The van der Waals surface area contributed by atoms with Gasteiger partial charge in [-0.25, -0.2) is 9.97 Å². The summed E-state index contributed by atoms with van der Waals surface area (Å²) in [6.07, 6.45) is 4.88. The van der Waals surface area contributed by atoms with Gasteiger partial charge in [0.1, 0.15) is 17.7 Å². The number of hydrogen-bond donors (Lipinski definition) is 1. The number of halogens is 3. The molecule has 0 aliphatic carbocycles. The molecule has 1 N–H and O–H groups in total. The third-order valence-corrected chi connectivity index (χ3v) is 7.06. The summed E-state index contributed by atoms with van der Waals surface area (Å²) in [6, 6.07) is 8.30. The Morgan fingerprint density at radius 3 is 2.65 bits per heavy atom. The molecule has 10 heteroatoms. The first-order valence-electron chi connectivity index (χ1n) is 11.3. The van der Waals surface area contributed by atoms with Gasteiger partial charge in [0.15, 0.2) is 0 Å². The Kier molecular flexibility index (Phi) is 4.87. The standard InChI is InChI=1S/C24H23F3N6O/c1-32-17-5-6-18(32)13-16(12-17)29-22-28-8-7-19(30-22)21-20(31-23-33(21)9-10-34-23)14-3-2-4-15(11-14)24(25,26)27/h2-4,7-11,16-18H,5-6,12-13H2,1H3,(H,28,29,30)/t16?,17-,18+. The molecule has 0 spiro atoms. The maximum absolute atomic E-state index is 13.3. The van der Waals surface area contributed by atoms with Gasteiger partial charge < -0.3 is 14.6 Å². The highest BCUT2D eigenvalue weighted by molar-refractivity contribution is 5.80. The maximum atomic E-state index is 13.3. The van der Waals surface area contributed by atoms with E-state index >= 15 is 0 Å². The average Bonchev–Trinajstić information content (AvgIpc) is 3.45. The zero-order valence-corrected chi connectivity index (χ0v) is 18.5. The Labute approximate surface area is 193 Å². The molecule has 2 saturated heterocycles. The molecule has 3 atom stereocenters. The van der Waals surface area contributed by atoms with Crippen molar-refractivity contribution in [2.75, 3.05) is 12.4 Å². The number of rotatable bonds is 4. The van der Waals surface area contributed by atoms with Gasteiger partial charge in [-0.2, -0.15) is 18.2 Å². The van der Waals surface area contributed by atoms with E-state index in [-0.39, 0.29) is 11.9 Å². The van der Waals surface area contributed by atoms with Crippen LogP contribution in [0.15, 0.2) is 53.4 Å². The Morgan fingerprint density at radius 2 is 1.88 bits per heavy atom. The highest BCUT2D eigenvalue weighted by Gasteiger charge is 2.38. The van der Waals surface area contributed by atoms with Gasteiger partial charge in [-0.15, -0.1) is 0 Å². The molecule has 0 saturated carbocycles. The lowest BCUT2D eigenvalue weighted by Crippen LogP contribution is -2.44. The summed E-state index contributed by atoms with van der Waals surface area (Å²) in [5, 5.41) is 3.48. The minimum atomic E-state index is -4.45. The van der Waals surface area contributed by atoms with Crippen LogP contribution in [-0.2, 0) is 6.18 Å². The van der Waals surface area contributed by atoms with Crippen LogP contribution < -0.4 is 5.32 Å². The predicted molar refractivity (Wildman–Crippen MR) is 120 cm³/mol. The van der Waals surface area contributed by atoms with Gasteiger partial charge in [-0.3, -0.25) is 4.40 Å². The molecule has 0 amide bonds. The van der Waals surface area contributed by atoms with Crippen LogP contribution in [0.1, 0.15) is 31.2 Å². The first-order valence-corrected chi connectivity index (χ1v) is 11.3. The first kappa shape index (κ1) is 21.2. The van der Waals surface area contributed by atoms with Crippen molar-refractivity contribution >= 4 is 11.8 Å².